The summed E-state index contributed by atoms with van der Waals surface area (Å²) in [4.78, 5) is 18.2. The number of aliphatic hydroxyl groups is 1. The molecule has 138 valence electrons. The molecule has 0 aliphatic carbocycles. The number of esters is 1. The van der Waals surface area contributed by atoms with Crippen molar-refractivity contribution in [1.82, 2.24) is 9.55 Å². The van der Waals surface area contributed by atoms with Crippen molar-refractivity contribution in [3.63, 3.8) is 0 Å². The van der Waals surface area contributed by atoms with Gasteiger partial charge in [-0.3, -0.25) is 4.79 Å². The lowest BCUT2D eigenvalue weighted by molar-refractivity contribution is -0.143. The molecule has 0 atom stereocenters. The highest BCUT2D eigenvalue weighted by Gasteiger charge is 2.12. The van der Waals surface area contributed by atoms with E-state index in [1.54, 1.807) is 0 Å². The van der Waals surface area contributed by atoms with E-state index in [1.165, 1.54) is 0 Å². The Morgan fingerprint density at radius 1 is 1.40 bits per heavy atom. The number of fused-ring (bicyclic) bond motifs is 1. The van der Waals surface area contributed by atoms with Gasteiger partial charge in [0.25, 0.3) is 0 Å². The van der Waals surface area contributed by atoms with Gasteiger partial charge in [-0.15, -0.1) is 11.6 Å². The number of aryl methyl sites for hydroxylation is 2. The maximum atomic E-state index is 11.4. The zero-order chi connectivity index (χ0) is 18.2. The fraction of sp³-hybridized carbons (Fsp3) is 0.556. The fourth-order valence-electron chi connectivity index (χ4n) is 2.88. The van der Waals surface area contributed by atoms with Gasteiger partial charge in [-0.05, 0) is 31.5 Å². The van der Waals surface area contributed by atoms with Crippen molar-refractivity contribution in [3.05, 3.63) is 24.0 Å². The number of benzene rings is 1. The minimum atomic E-state index is -0.163. The van der Waals surface area contributed by atoms with Crippen molar-refractivity contribution in [3.8, 4) is 0 Å². The number of carbonyl (C=O) groups is 1. The van der Waals surface area contributed by atoms with E-state index in [0.717, 1.165) is 29.0 Å². The van der Waals surface area contributed by atoms with E-state index in [2.05, 4.69) is 4.57 Å². The first-order valence-corrected chi connectivity index (χ1v) is 9.16. The molecule has 0 unspecified atom stereocenters. The highest BCUT2D eigenvalue weighted by Crippen LogP contribution is 2.23. The maximum absolute atomic E-state index is 11.4. The van der Waals surface area contributed by atoms with Crippen LogP contribution in [0, 0.1) is 0 Å². The topological polar surface area (TPSA) is 67.6 Å². The van der Waals surface area contributed by atoms with Crippen molar-refractivity contribution in [2.75, 3.05) is 37.1 Å². The smallest absolute Gasteiger partial charge is 0.305 e. The van der Waals surface area contributed by atoms with Crippen LogP contribution in [-0.2, 0) is 23.0 Å². The van der Waals surface area contributed by atoms with E-state index in [9.17, 15) is 9.90 Å². The van der Waals surface area contributed by atoms with E-state index in [4.69, 9.17) is 21.3 Å². The average molecular weight is 368 g/mol. The fourth-order valence-corrected chi connectivity index (χ4v) is 3.08. The second-order valence-electron chi connectivity index (χ2n) is 5.82. The summed E-state index contributed by atoms with van der Waals surface area (Å²) < 4.78 is 7.01. The van der Waals surface area contributed by atoms with Gasteiger partial charge < -0.3 is 19.3 Å². The molecule has 25 heavy (non-hydrogen) atoms. The van der Waals surface area contributed by atoms with Gasteiger partial charge in [0.05, 0.1) is 24.2 Å². The molecule has 2 aromatic rings. The normalized spacial score (nSPS) is 11.0. The molecule has 0 amide bonds. The zero-order valence-corrected chi connectivity index (χ0v) is 15.6. The number of anilines is 1. The van der Waals surface area contributed by atoms with Crippen molar-refractivity contribution < 1.29 is 14.6 Å². The number of aliphatic hydroxyl groups excluding tert-OH is 1. The third kappa shape index (κ3) is 5.09. The molecule has 1 aromatic heterocycles. The Morgan fingerprint density at radius 2 is 2.20 bits per heavy atom. The van der Waals surface area contributed by atoms with E-state index >= 15 is 0 Å². The van der Waals surface area contributed by atoms with Gasteiger partial charge in [-0.1, -0.05) is 0 Å². The van der Waals surface area contributed by atoms with Gasteiger partial charge in [0, 0.05) is 44.5 Å². The number of carbonyl (C=O) groups excluding carboxylic acids is 1. The summed E-state index contributed by atoms with van der Waals surface area (Å²) in [6, 6.07) is 6.08. The van der Waals surface area contributed by atoms with E-state index in [-0.39, 0.29) is 12.6 Å². The average Bonchev–Trinajstić information content (AvgIpc) is 2.90. The number of halogens is 1. The molecule has 0 fully saturated rings. The molecular formula is C18H26ClN3O3. The van der Waals surface area contributed by atoms with Crippen LogP contribution in [0.2, 0.25) is 0 Å². The molecule has 0 aliphatic rings. The Kier molecular flexibility index (Phi) is 7.52. The van der Waals surface area contributed by atoms with Crippen LogP contribution in [0.4, 0.5) is 5.69 Å². The minimum Gasteiger partial charge on any atom is -0.466 e. The molecule has 0 bridgehead atoms. The van der Waals surface area contributed by atoms with E-state index in [0.29, 0.717) is 38.4 Å². The lowest BCUT2D eigenvalue weighted by Crippen LogP contribution is -2.28. The zero-order valence-electron chi connectivity index (χ0n) is 14.9. The third-order valence-electron chi connectivity index (χ3n) is 4.13. The molecule has 6 nitrogen and oxygen atoms in total. The van der Waals surface area contributed by atoms with Crippen LogP contribution in [0.15, 0.2) is 18.2 Å². The van der Waals surface area contributed by atoms with Crippen LogP contribution in [0.3, 0.4) is 0 Å². The van der Waals surface area contributed by atoms with Crippen molar-refractivity contribution in [2.45, 2.75) is 26.2 Å². The van der Waals surface area contributed by atoms with Crippen LogP contribution in [0.5, 0.6) is 0 Å². The molecule has 0 radical (unpaired) electrons. The summed E-state index contributed by atoms with van der Waals surface area (Å²) in [6.45, 7) is 3.52. The SMILES string of the molecule is CCOC(=O)CCCc1nc2cc(N(CCO)CCCl)ccc2n1C. The van der Waals surface area contributed by atoms with Crippen LogP contribution >= 0.6 is 11.6 Å². The van der Waals surface area contributed by atoms with Crippen molar-refractivity contribution >= 4 is 34.3 Å². The van der Waals surface area contributed by atoms with Gasteiger partial charge in [0.15, 0.2) is 0 Å². The van der Waals surface area contributed by atoms with Gasteiger partial charge in [-0.25, -0.2) is 4.98 Å². The van der Waals surface area contributed by atoms with Gasteiger partial charge >= 0.3 is 5.97 Å². The van der Waals surface area contributed by atoms with Crippen LogP contribution < -0.4 is 4.90 Å². The largest absolute Gasteiger partial charge is 0.466 e. The number of nitrogens with zero attached hydrogens (tertiary/aromatic N) is 3. The number of hydrogen-bond donors (Lipinski definition) is 1. The predicted molar refractivity (Wildman–Crippen MR) is 100 cm³/mol. The van der Waals surface area contributed by atoms with E-state index < -0.39 is 0 Å². The Labute approximate surface area is 153 Å². The molecule has 0 spiro atoms. The summed E-state index contributed by atoms with van der Waals surface area (Å²) in [7, 11) is 1.99. The number of aromatic nitrogens is 2. The molecule has 1 N–H and O–H groups in total. The Bertz CT molecular complexity index is 696. The Hall–Kier alpha value is -1.79. The lowest BCUT2D eigenvalue weighted by Gasteiger charge is -2.22. The summed E-state index contributed by atoms with van der Waals surface area (Å²) in [5.74, 6) is 1.28. The van der Waals surface area contributed by atoms with Gasteiger partial charge in [0.1, 0.15) is 5.82 Å². The summed E-state index contributed by atoms with van der Waals surface area (Å²) in [6.07, 6.45) is 1.84. The van der Waals surface area contributed by atoms with Crippen molar-refractivity contribution in [2.24, 2.45) is 7.05 Å². The predicted octanol–water partition coefficient (Wildman–Crippen LogP) is 2.50. The molecule has 2 rings (SSSR count). The molecule has 1 heterocycles. The highest BCUT2D eigenvalue weighted by atomic mass is 35.5. The molecule has 1 aromatic carbocycles. The Morgan fingerprint density at radius 3 is 2.88 bits per heavy atom. The second kappa shape index (κ2) is 9.63. The molecule has 0 saturated carbocycles. The molecular weight excluding hydrogens is 342 g/mol. The van der Waals surface area contributed by atoms with Crippen LogP contribution in [-0.4, -0.2) is 52.8 Å². The molecule has 0 aliphatic heterocycles. The quantitative estimate of drug-likeness (QED) is 0.516. The number of alkyl halides is 1. The first-order valence-electron chi connectivity index (χ1n) is 8.63. The highest BCUT2D eigenvalue weighted by molar-refractivity contribution is 6.18. The van der Waals surface area contributed by atoms with Gasteiger partial charge in [-0.2, -0.15) is 0 Å². The molecule has 0 saturated heterocycles. The minimum absolute atomic E-state index is 0.0796. The lowest BCUT2D eigenvalue weighted by atomic mass is 10.2. The number of ether oxygens (including phenoxy) is 1. The number of imidazole rings is 1. The monoisotopic (exact) mass is 367 g/mol. The number of hydrogen-bond acceptors (Lipinski definition) is 5. The number of rotatable bonds is 10. The van der Waals surface area contributed by atoms with Crippen LogP contribution in [0.25, 0.3) is 11.0 Å². The van der Waals surface area contributed by atoms with Crippen molar-refractivity contribution in [1.29, 1.82) is 0 Å². The van der Waals surface area contributed by atoms with Crippen LogP contribution in [0.1, 0.15) is 25.6 Å². The molecule has 7 heteroatoms. The second-order valence-corrected chi connectivity index (χ2v) is 6.20. The summed E-state index contributed by atoms with van der Waals surface area (Å²) >= 11 is 5.85. The first-order chi connectivity index (χ1) is 12.1. The maximum Gasteiger partial charge on any atom is 0.305 e. The third-order valence-corrected chi connectivity index (χ3v) is 4.30. The summed E-state index contributed by atoms with van der Waals surface area (Å²) in [5.41, 5.74) is 2.95. The van der Waals surface area contributed by atoms with E-state index in [1.807, 2.05) is 37.1 Å². The van der Waals surface area contributed by atoms with Gasteiger partial charge in [0.2, 0.25) is 0 Å². The standard InChI is InChI=1S/C18H26ClN3O3/c1-3-25-18(24)6-4-5-17-20-15-13-14(7-8-16(15)21(17)2)22(10-9-19)11-12-23/h7-8,13,23H,3-6,9-12H2,1-2H3. The Balaban J connectivity index is 2.13. The summed E-state index contributed by atoms with van der Waals surface area (Å²) in [5, 5.41) is 9.22. The first kappa shape index (κ1) is 19.5.